The van der Waals surface area contributed by atoms with E-state index in [4.69, 9.17) is 79.2 Å². The number of amides is 2. The largest absolute Gasteiger partial charge is 0.373 e. The molecule has 27 heavy (non-hydrogen) atoms. The Bertz CT molecular complexity index is 789. The zero-order valence-corrected chi connectivity index (χ0v) is 17.8. The molecule has 4 fully saturated rings. The van der Waals surface area contributed by atoms with Crippen LogP contribution in [0.15, 0.2) is 22.7 Å². The predicted molar refractivity (Wildman–Crippen MR) is 101 cm³/mol. The summed E-state index contributed by atoms with van der Waals surface area (Å²) in [5.41, 5.74) is 0. The molecule has 0 radical (unpaired) electrons. The first kappa shape index (κ1) is 19.3. The molecule has 5 aliphatic rings. The second kappa shape index (κ2) is 5.50. The van der Waals surface area contributed by atoms with Crippen molar-refractivity contribution in [3.8, 4) is 0 Å². The van der Waals surface area contributed by atoms with E-state index >= 15 is 0 Å². The minimum Gasteiger partial charge on any atom is -0.373 e. The summed E-state index contributed by atoms with van der Waals surface area (Å²) in [6.07, 6.45) is -0.0192. The van der Waals surface area contributed by atoms with E-state index in [1.807, 2.05) is 0 Å². The molecule has 1 saturated carbocycles. The van der Waals surface area contributed by atoms with Crippen molar-refractivity contribution in [3.05, 3.63) is 22.7 Å². The van der Waals surface area contributed by atoms with Crippen molar-refractivity contribution in [2.75, 3.05) is 6.61 Å². The van der Waals surface area contributed by atoms with Gasteiger partial charge in [-0.05, 0) is 0 Å². The van der Waals surface area contributed by atoms with Crippen LogP contribution in [0.3, 0.4) is 0 Å². The Balaban J connectivity index is 1.62. The number of nitrogens with zero attached hydrogens (tertiary/aromatic N) is 1. The highest BCUT2D eigenvalue weighted by Gasteiger charge is 2.90. The van der Waals surface area contributed by atoms with Crippen LogP contribution in [-0.4, -0.2) is 49.8 Å². The SMILES string of the molecule is C=CCON1C(=O)[C@@H]2[C@H]3O[C@H]([C@H]2C1=O)[C@@H]1[C@@H]3[C@]2(Cl)C(Cl)=C(Cl)[C@]1(Cl)C2(Cl)Cl. The lowest BCUT2D eigenvalue weighted by Crippen LogP contribution is -2.50. The summed E-state index contributed by atoms with van der Waals surface area (Å²) in [6, 6.07) is 0. The highest BCUT2D eigenvalue weighted by molar-refractivity contribution is 6.65. The number of alkyl halides is 4. The lowest BCUT2D eigenvalue weighted by molar-refractivity contribution is -0.189. The summed E-state index contributed by atoms with van der Waals surface area (Å²) in [5, 5.41) is 0.878. The average Bonchev–Trinajstić information content (AvgIpc) is 3.31. The third-order valence-corrected chi connectivity index (χ3v) is 10.8. The van der Waals surface area contributed by atoms with Crippen LogP contribution < -0.4 is 0 Å². The minimum absolute atomic E-state index is 0.0184. The number of hydroxylamine groups is 2. The third kappa shape index (κ3) is 1.74. The number of rotatable bonds is 3. The van der Waals surface area contributed by atoms with E-state index < -0.39 is 61.8 Å². The Kier molecular flexibility index (Phi) is 3.92. The van der Waals surface area contributed by atoms with Crippen LogP contribution in [0.4, 0.5) is 0 Å². The van der Waals surface area contributed by atoms with Crippen molar-refractivity contribution in [2.45, 2.75) is 26.3 Å². The van der Waals surface area contributed by atoms with E-state index in [1.54, 1.807) is 0 Å². The molecule has 0 aromatic carbocycles. The van der Waals surface area contributed by atoms with Gasteiger partial charge in [0.1, 0.15) is 9.75 Å². The quantitative estimate of drug-likeness (QED) is 0.343. The number of carbonyl (C=O) groups excluding carboxylic acids is 2. The zero-order valence-electron chi connectivity index (χ0n) is 13.3. The van der Waals surface area contributed by atoms with Crippen LogP contribution >= 0.6 is 69.6 Å². The summed E-state index contributed by atoms with van der Waals surface area (Å²) in [5.74, 6) is -3.68. The van der Waals surface area contributed by atoms with E-state index in [1.165, 1.54) is 6.08 Å². The highest BCUT2D eigenvalue weighted by Crippen LogP contribution is 2.81. The molecule has 146 valence electrons. The van der Waals surface area contributed by atoms with Gasteiger partial charge in [-0.25, -0.2) is 0 Å². The molecular formula is C16H11Cl6NO4. The van der Waals surface area contributed by atoms with Gasteiger partial charge in [-0.1, -0.05) is 52.5 Å². The van der Waals surface area contributed by atoms with Crippen LogP contribution in [0.1, 0.15) is 0 Å². The van der Waals surface area contributed by atoms with E-state index in [9.17, 15) is 9.59 Å². The fourth-order valence-corrected chi connectivity index (χ4v) is 8.59. The van der Waals surface area contributed by atoms with Crippen molar-refractivity contribution >= 4 is 81.4 Å². The first-order valence-corrected chi connectivity index (χ1v) is 10.4. The lowest BCUT2D eigenvalue weighted by atomic mass is 9.65. The molecule has 5 nitrogen and oxygen atoms in total. The molecule has 11 heteroatoms. The summed E-state index contributed by atoms with van der Waals surface area (Å²) in [7, 11) is 0. The Labute approximate surface area is 184 Å². The first-order valence-electron chi connectivity index (χ1n) is 8.15. The van der Waals surface area contributed by atoms with E-state index in [2.05, 4.69) is 6.58 Å². The van der Waals surface area contributed by atoms with Gasteiger partial charge in [0.2, 0.25) is 0 Å². The van der Waals surface area contributed by atoms with Gasteiger partial charge in [-0.3, -0.25) is 14.4 Å². The van der Waals surface area contributed by atoms with Crippen LogP contribution in [0.5, 0.6) is 0 Å². The Morgan fingerprint density at radius 1 is 1.00 bits per heavy atom. The number of allylic oxidation sites excluding steroid dienone is 2. The maximum absolute atomic E-state index is 12.8. The molecule has 2 aliphatic carbocycles. The summed E-state index contributed by atoms with van der Waals surface area (Å²) < 4.78 is 4.30. The number of halogens is 6. The maximum Gasteiger partial charge on any atom is 0.260 e. The predicted octanol–water partition coefficient (Wildman–Crippen LogP) is 3.56. The number of hydrogen-bond acceptors (Lipinski definition) is 4. The van der Waals surface area contributed by atoms with E-state index in [0.717, 1.165) is 5.06 Å². The number of carbonyl (C=O) groups is 2. The van der Waals surface area contributed by atoms with Gasteiger partial charge in [0.15, 0.2) is 4.33 Å². The van der Waals surface area contributed by atoms with Gasteiger partial charge < -0.3 is 4.74 Å². The molecular weight excluding hydrogens is 483 g/mol. The van der Waals surface area contributed by atoms with Gasteiger partial charge >= 0.3 is 0 Å². The molecule has 2 amide bonds. The number of hydrogen-bond donors (Lipinski definition) is 0. The summed E-state index contributed by atoms with van der Waals surface area (Å²) in [4.78, 5) is 27.9. The molecule has 3 saturated heterocycles. The zero-order chi connectivity index (χ0) is 19.7. The molecule has 3 aliphatic heterocycles. The molecule has 8 atom stereocenters. The Morgan fingerprint density at radius 3 is 1.85 bits per heavy atom. The average molecular weight is 494 g/mol. The topological polar surface area (TPSA) is 55.8 Å². The van der Waals surface area contributed by atoms with Gasteiger partial charge in [0, 0.05) is 11.8 Å². The Morgan fingerprint density at radius 2 is 1.44 bits per heavy atom. The van der Waals surface area contributed by atoms with Gasteiger partial charge in [-0.2, -0.15) is 5.06 Å². The first-order chi connectivity index (χ1) is 12.6. The highest BCUT2D eigenvalue weighted by atomic mass is 35.5. The fraction of sp³-hybridized carbons (Fsp3) is 0.625. The number of fused-ring (bicyclic) bond motifs is 12. The van der Waals surface area contributed by atoms with Gasteiger partial charge in [0.05, 0.1) is 40.7 Å². The smallest absolute Gasteiger partial charge is 0.260 e. The van der Waals surface area contributed by atoms with Crippen molar-refractivity contribution in [2.24, 2.45) is 23.7 Å². The van der Waals surface area contributed by atoms with E-state index in [0.29, 0.717) is 0 Å². The standard InChI is InChI=1S/C16H11Cl6NO4/c1-2-3-26-23-12(24)4-5(13(23)25)9-7-6(8(4)27-9)14(19)10(17)11(18)15(7,20)16(14,21)22/h2,4-9H,1,3H2/t4-,5-,6-,7-,8+,9+,14-,15-/m0/s1. The monoisotopic (exact) mass is 491 g/mol. The van der Waals surface area contributed by atoms with Crippen molar-refractivity contribution < 1.29 is 19.2 Å². The normalized spacial score (nSPS) is 51.4. The van der Waals surface area contributed by atoms with Crippen LogP contribution in [0.25, 0.3) is 0 Å². The van der Waals surface area contributed by atoms with Gasteiger partial charge in [-0.15, -0.1) is 29.8 Å². The summed E-state index contributed by atoms with van der Waals surface area (Å²) >= 11 is 39.7. The van der Waals surface area contributed by atoms with Crippen LogP contribution in [-0.2, 0) is 19.2 Å². The number of imide groups is 1. The third-order valence-electron chi connectivity index (χ3n) is 6.46. The molecule has 0 aromatic rings. The molecule has 0 aromatic heterocycles. The molecule has 4 bridgehead atoms. The molecule has 5 rings (SSSR count). The maximum atomic E-state index is 12.8. The summed E-state index contributed by atoms with van der Waals surface area (Å²) in [6.45, 7) is 3.53. The molecule has 3 heterocycles. The molecule has 0 N–H and O–H groups in total. The lowest BCUT2D eigenvalue weighted by Gasteiger charge is -2.39. The fourth-order valence-electron chi connectivity index (χ4n) is 5.52. The Hall–Kier alpha value is 0.280. The van der Waals surface area contributed by atoms with Crippen molar-refractivity contribution in [1.82, 2.24) is 5.06 Å². The minimum atomic E-state index is -1.73. The number of ether oxygens (including phenoxy) is 1. The molecule has 0 spiro atoms. The second-order valence-corrected chi connectivity index (χ2v) is 10.6. The van der Waals surface area contributed by atoms with E-state index in [-0.39, 0.29) is 16.7 Å². The second-order valence-electron chi connectivity index (χ2n) is 7.35. The van der Waals surface area contributed by atoms with Crippen LogP contribution in [0.2, 0.25) is 0 Å². The molecule has 0 unspecified atom stereocenters. The van der Waals surface area contributed by atoms with Gasteiger partial charge in [0.25, 0.3) is 11.8 Å². The van der Waals surface area contributed by atoms with Crippen LogP contribution in [0, 0.1) is 23.7 Å². The van der Waals surface area contributed by atoms with Crippen molar-refractivity contribution in [1.29, 1.82) is 0 Å². The van der Waals surface area contributed by atoms with Crippen molar-refractivity contribution in [3.63, 3.8) is 0 Å².